The van der Waals surface area contributed by atoms with Gasteiger partial charge in [0.05, 0.1) is 18.3 Å². The van der Waals surface area contributed by atoms with Gasteiger partial charge < -0.3 is 10.5 Å². The van der Waals surface area contributed by atoms with Crippen molar-refractivity contribution >= 4 is 5.82 Å². The van der Waals surface area contributed by atoms with E-state index < -0.39 is 0 Å². The van der Waals surface area contributed by atoms with Crippen LogP contribution in [0.15, 0.2) is 6.07 Å². The molecule has 1 aromatic rings. The number of nitrogen functional groups attached to an aromatic ring is 1. The van der Waals surface area contributed by atoms with Crippen molar-refractivity contribution in [1.29, 1.82) is 0 Å². The Labute approximate surface area is 89.4 Å². The third-order valence-corrected chi connectivity index (χ3v) is 3.23. The SMILES string of the molecule is Nc1cc(C2CC2)nn1C[C@@H]1CCCO1. The van der Waals surface area contributed by atoms with Crippen molar-refractivity contribution in [2.45, 2.75) is 44.2 Å². The van der Waals surface area contributed by atoms with Crippen molar-refractivity contribution in [3.05, 3.63) is 11.8 Å². The van der Waals surface area contributed by atoms with Gasteiger partial charge in [-0.1, -0.05) is 0 Å². The van der Waals surface area contributed by atoms with Gasteiger partial charge >= 0.3 is 0 Å². The van der Waals surface area contributed by atoms with Gasteiger partial charge in [-0.25, -0.2) is 4.68 Å². The van der Waals surface area contributed by atoms with Crippen molar-refractivity contribution < 1.29 is 4.74 Å². The van der Waals surface area contributed by atoms with Gasteiger partial charge in [-0.15, -0.1) is 0 Å². The summed E-state index contributed by atoms with van der Waals surface area (Å²) in [5, 5.41) is 4.55. The zero-order valence-corrected chi connectivity index (χ0v) is 8.85. The van der Waals surface area contributed by atoms with Gasteiger partial charge in [0.2, 0.25) is 0 Å². The predicted molar refractivity (Wildman–Crippen MR) is 57.6 cm³/mol. The first-order valence-electron chi connectivity index (χ1n) is 5.78. The molecular formula is C11H17N3O. The molecule has 1 saturated heterocycles. The summed E-state index contributed by atoms with van der Waals surface area (Å²) in [4.78, 5) is 0. The van der Waals surface area contributed by atoms with Crippen molar-refractivity contribution in [3.63, 3.8) is 0 Å². The molecule has 1 aromatic heterocycles. The molecule has 1 atom stereocenters. The molecule has 1 saturated carbocycles. The van der Waals surface area contributed by atoms with Gasteiger partial charge in [0, 0.05) is 18.6 Å². The number of aromatic nitrogens is 2. The Kier molecular flexibility index (Phi) is 2.16. The monoisotopic (exact) mass is 207 g/mol. The van der Waals surface area contributed by atoms with Crippen LogP contribution in [-0.4, -0.2) is 22.5 Å². The van der Waals surface area contributed by atoms with Crippen LogP contribution in [0.25, 0.3) is 0 Å². The fourth-order valence-corrected chi connectivity index (χ4v) is 2.16. The maximum absolute atomic E-state index is 5.93. The van der Waals surface area contributed by atoms with E-state index >= 15 is 0 Å². The van der Waals surface area contributed by atoms with E-state index in [1.54, 1.807) is 0 Å². The number of hydrogen-bond donors (Lipinski definition) is 1. The summed E-state index contributed by atoms with van der Waals surface area (Å²) in [5.41, 5.74) is 7.10. The molecule has 3 rings (SSSR count). The molecule has 0 unspecified atom stereocenters. The standard InChI is InChI=1S/C11H17N3O/c12-11-6-10(8-3-4-8)13-14(11)7-9-2-1-5-15-9/h6,8-9H,1-5,7,12H2/t9-/m0/s1. The van der Waals surface area contributed by atoms with Crippen LogP contribution in [0.1, 0.15) is 37.3 Å². The van der Waals surface area contributed by atoms with Crippen LogP contribution < -0.4 is 5.73 Å². The van der Waals surface area contributed by atoms with E-state index in [0.29, 0.717) is 12.0 Å². The van der Waals surface area contributed by atoms with Crippen molar-refractivity contribution in [2.75, 3.05) is 12.3 Å². The minimum atomic E-state index is 0.319. The van der Waals surface area contributed by atoms with E-state index in [1.807, 2.05) is 10.7 Å². The highest BCUT2D eigenvalue weighted by Gasteiger charge is 2.27. The van der Waals surface area contributed by atoms with E-state index in [4.69, 9.17) is 10.5 Å². The quantitative estimate of drug-likeness (QED) is 0.817. The van der Waals surface area contributed by atoms with Crippen LogP contribution in [0, 0.1) is 0 Å². The molecule has 2 heterocycles. The van der Waals surface area contributed by atoms with Gasteiger partial charge in [0.25, 0.3) is 0 Å². The lowest BCUT2D eigenvalue weighted by molar-refractivity contribution is 0.0944. The highest BCUT2D eigenvalue weighted by Crippen LogP contribution is 2.39. The molecule has 0 aromatic carbocycles. The summed E-state index contributed by atoms with van der Waals surface area (Å²) in [5.74, 6) is 1.46. The maximum atomic E-state index is 5.93. The molecule has 0 bridgehead atoms. The molecule has 2 fully saturated rings. The zero-order chi connectivity index (χ0) is 10.3. The van der Waals surface area contributed by atoms with E-state index in [9.17, 15) is 0 Å². The number of rotatable bonds is 3. The minimum Gasteiger partial charge on any atom is -0.384 e. The van der Waals surface area contributed by atoms with Crippen LogP contribution >= 0.6 is 0 Å². The summed E-state index contributed by atoms with van der Waals surface area (Å²) in [6, 6.07) is 2.02. The summed E-state index contributed by atoms with van der Waals surface area (Å²) >= 11 is 0. The van der Waals surface area contributed by atoms with Crippen LogP contribution in [0.2, 0.25) is 0 Å². The maximum Gasteiger partial charge on any atom is 0.122 e. The van der Waals surface area contributed by atoms with Crippen molar-refractivity contribution in [2.24, 2.45) is 0 Å². The Hall–Kier alpha value is -1.03. The van der Waals surface area contributed by atoms with Crippen molar-refractivity contribution in [3.8, 4) is 0 Å². The molecule has 0 spiro atoms. The second-order valence-electron chi connectivity index (χ2n) is 4.59. The molecule has 82 valence electrons. The normalized spacial score (nSPS) is 26.0. The Morgan fingerprint density at radius 3 is 3.00 bits per heavy atom. The van der Waals surface area contributed by atoms with E-state index in [2.05, 4.69) is 5.10 Å². The number of ether oxygens (including phenoxy) is 1. The predicted octanol–water partition coefficient (Wildman–Crippen LogP) is 1.52. The summed E-state index contributed by atoms with van der Waals surface area (Å²) in [6.07, 6.45) is 5.17. The molecular weight excluding hydrogens is 190 g/mol. The average molecular weight is 207 g/mol. The van der Waals surface area contributed by atoms with E-state index in [-0.39, 0.29) is 0 Å². The molecule has 0 radical (unpaired) electrons. The lowest BCUT2D eigenvalue weighted by Crippen LogP contribution is -2.17. The third-order valence-electron chi connectivity index (χ3n) is 3.23. The molecule has 1 aliphatic carbocycles. The first-order chi connectivity index (χ1) is 7.33. The molecule has 1 aliphatic heterocycles. The zero-order valence-electron chi connectivity index (χ0n) is 8.85. The van der Waals surface area contributed by atoms with Crippen LogP contribution in [-0.2, 0) is 11.3 Å². The molecule has 0 amide bonds. The van der Waals surface area contributed by atoms with Gasteiger partial charge in [0.1, 0.15) is 5.82 Å². The molecule has 2 aliphatic rings. The number of nitrogens with zero attached hydrogens (tertiary/aromatic N) is 2. The first kappa shape index (κ1) is 9.21. The molecule has 4 nitrogen and oxygen atoms in total. The summed E-state index contributed by atoms with van der Waals surface area (Å²) in [7, 11) is 0. The lowest BCUT2D eigenvalue weighted by Gasteiger charge is -2.10. The highest BCUT2D eigenvalue weighted by molar-refractivity contribution is 5.33. The second-order valence-corrected chi connectivity index (χ2v) is 4.59. The Morgan fingerprint density at radius 1 is 1.47 bits per heavy atom. The van der Waals surface area contributed by atoms with Crippen LogP contribution in [0.3, 0.4) is 0 Å². The summed E-state index contributed by atoms with van der Waals surface area (Å²) < 4.78 is 7.49. The third kappa shape index (κ3) is 1.86. The van der Waals surface area contributed by atoms with E-state index in [1.165, 1.54) is 25.0 Å². The highest BCUT2D eigenvalue weighted by atomic mass is 16.5. The first-order valence-corrected chi connectivity index (χ1v) is 5.78. The Morgan fingerprint density at radius 2 is 2.33 bits per heavy atom. The van der Waals surface area contributed by atoms with E-state index in [0.717, 1.165) is 25.4 Å². The minimum absolute atomic E-state index is 0.319. The fourth-order valence-electron chi connectivity index (χ4n) is 2.16. The Balaban J connectivity index is 1.72. The summed E-state index contributed by atoms with van der Waals surface area (Å²) in [6.45, 7) is 1.71. The topological polar surface area (TPSA) is 53.1 Å². The van der Waals surface area contributed by atoms with Gasteiger partial charge in [0.15, 0.2) is 0 Å². The largest absolute Gasteiger partial charge is 0.384 e. The fraction of sp³-hybridized carbons (Fsp3) is 0.727. The molecule has 15 heavy (non-hydrogen) atoms. The van der Waals surface area contributed by atoms with Crippen LogP contribution in [0.5, 0.6) is 0 Å². The van der Waals surface area contributed by atoms with Gasteiger partial charge in [-0.2, -0.15) is 5.10 Å². The number of anilines is 1. The van der Waals surface area contributed by atoms with Gasteiger partial charge in [-0.3, -0.25) is 0 Å². The second kappa shape index (κ2) is 3.52. The molecule has 2 N–H and O–H groups in total. The van der Waals surface area contributed by atoms with Crippen LogP contribution in [0.4, 0.5) is 5.82 Å². The lowest BCUT2D eigenvalue weighted by atomic mass is 10.2. The smallest absolute Gasteiger partial charge is 0.122 e. The number of hydrogen-bond acceptors (Lipinski definition) is 3. The molecule has 4 heteroatoms. The average Bonchev–Trinajstić information content (AvgIpc) is 2.84. The van der Waals surface area contributed by atoms with Crippen molar-refractivity contribution in [1.82, 2.24) is 9.78 Å². The van der Waals surface area contributed by atoms with Gasteiger partial charge in [-0.05, 0) is 25.7 Å². The Bertz CT molecular complexity index is 351. The number of nitrogens with two attached hydrogens (primary N) is 1.